The Labute approximate surface area is 202 Å². The molecule has 0 amide bonds. The molecule has 0 spiro atoms. The summed E-state index contributed by atoms with van der Waals surface area (Å²) < 4.78 is 6.84. The molecule has 0 aromatic rings. The molecule has 0 aromatic carbocycles. The van der Waals surface area contributed by atoms with E-state index in [1.807, 2.05) is 13.8 Å². The van der Waals surface area contributed by atoms with Crippen molar-refractivity contribution in [3.8, 4) is 0 Å². The second-order valence-corrected chi connectivity index (χ2v) is 10.4. The largest absolute Gasteiger partial charge is 0.620 e. The van der Waals surface area contributed by atoms with Crippen LogP contribution in [-0.2, 0) is 4.74 Å². The average molecular weight is 473 g/mol. The van der Waals surface area contributed by atoms with Gasteiger partial charge in [0.25, 0.3) is 0 Å². The lowest BCUT2D eigenvalue weighted by Crippen LogP contribution is -2.49. The summed E-state index contributed by atoms with van der Waals surface area (Å²) in [6.07, 6.45) is 16.0. The molecule has 5 nitrogen and oxygen atoms in total. The van der Waals surface area contributed by atoms with Gasteiger partial charge in [0.1, 0.15) is 0 Å². The highest BCUT2D eigenvalue weighted by molar-refractivity contribution is 6.20. The normalized spacial score (nSPS) is 28.1. The highest BCUT2D eigenvalue weighted by Crippen LogP contribution is 2.38. The number of aliphatic hydroxyl groups is 1. The quantitative estimate of drug-likeness (QED) is 0.191. The van der Waals surface area contributed by atoms with Crippen LogP contribution < -0.4 is 5.32 Å². The number of rotatable bonds is 7. The summed E-state index contributed by atoms with van der Waals surface area (Å²) in [6.45, 7) is 6.23. The summed E-state index contributed by atoms with van der Waals surface area (Å²) in [6, 6.07) is 0. The standard InChI is InChI=1S/C27H37ClN2O3/c1-4-19-16-21(13-14-25(19)33-17(2)3)29-26-24(15-18-9-11-20(28)12-10-18)22-7-5-6-8-23(22)27(31)30(26)32/h5,7,9,16-17,20,24,26,29,31H,4,6,8,10-15H2,1-3H3. The summed E-state index contributed by atoms with van der Waals surface area (Å²) in [5.41, 5.74) is 5.49. The third-order valence-electron chi connectivity index (χ3n) is 7.06. The number of nitrogens with zero attached hydrogens (tertiary/aromatic N) is 1. The van der Waals surface area contributed by atoms with Gasteiger partial charge < -0.3 is 20.4 Å². The maximum Gasteiger partial charge on any atom is 0.376 e. The van der Waals surface area contributed by atoms with Gasteiger partial charge in [-0.2, -0.15) is 0 Å². The number of nitrogens with one attached hydrogen (secondary N) is 1. The number of hydroxylamine groups is 1. The molecule has 3 unspecified atom stereocenters. The molecule has 0 fully saturated rings. The monoisotopic (exact) mass is 472 g/mol. The van der Waals surface area contributed by atoms with Crippen molar-refractivity contribution in [3.63, 3.8) is 0 Å². The predicted molar refractivity (Wildman–Crippen MR) is 134 cm³/mol. The van der Waals surface area contributed by atoms with Crippen molar-refractivity contribution in [1.29, 1.82) is 0 Å². The molecule has 0 aromatic heterocycles. The van der Waals surface area contributed by atoms with Crippen molar-refractivity contribution < 1.29 is 14.6 Å². The fourth-order valence-corrected chi connectivity index (χ4v) is 5.57. The van der Waals surface area contributed by atoms with Crippen molar-refractivity contribution in [3.05, 3.63) is 63.3 Å². The summed E-state index contributed by atoms with van der Waals surface area (Å²) in [7, 11) is 0. The molecule has 0 bridgehead atoms. The molecule has 3 atom stereocenters. The van der Waals surface area contributed by atoms with Gasteiger partial charge >= 0.3 is 5.90 Å². The van der Waals surface area contributed by atoms with Gasteiger partial charge in [0.05, 0.1) is 23.4 Å². The minimum Gasteiger partial charge on any atom is -0.620 e. The number of hydrogen-bond donors (Lipinski definition) is 2. The van der Waals surface area contributed by atoms with E-state index in [0.29, 0.717) is 6.42 Å². The van der Waals surface area contributed by atoms with E-state index in [1.54, 1.807) is 0 Å². The Balaban J connectivity index is 1.63. The number of halogens is 1. The molecule has 180 valence electrons. The van der Waals surface area contributed by atoms with Crippen molar-refractivity contribution in [2.24, 2.45) is 5.92 Å². The Morgan fingerprint density at radius 3 is 2.79 bits per heavy atom. The predicted octanol–water partition coefficient (Wildman–Crippen LogP) is 6.52. The Kier molecular flexibility index (Phi) is 7.58. The first-order valence-electron chi connectivity index (χ1n) is 12.5. The SMILES string of the molecule is CCC1=C(OC(C)C)CCC(NC2C(CC3=CCC(Cl)CC3)C3=C(CCC=C3)C(O)=[N+]2[O-])=C1. The Bertz CT molecular complexity index is 954. The molecular weight excluding hydrogens is 436 g/mol. The molecule has 4 aliphatic rings. The van der Waals surface area contributed by atoms with Gasteiger partial charge in [-0.15, -0.1) is 16.3 Å². The molecule has 33 heavy (non-hydrogen) atoms. The molecule has 2 N–H and O–H groups in total. The lowest BCUT2D eigenvalue weighted by Gasteiger charge is -2.36. The van der Waals surface area contributed by atoms with Crippen LogP contribution in [0, 0.1) is 11.1 Å². The van der Waals surface area contributed by atoms with Crippen LogP contribution in [-0.4, -0.2) is 33.4 Å². The molecule has 0 saturated carbocycles. The first-order valence-corrected chi connectivity index (χ1v) is 12.9. The summed E-state index contributed by atoms with van der Waals surface area (Å²) >= 11 is 6.31. The summed E-state index contributed by atoms with van der Waals surface area (Å²) in [5, 5.41) is 27.9. The minimum atomic E-state index is -0.543. The number of hydrogen-bond acceptors (Lipinski definition) is 3. The number of alkyl halides is 1. The van der Waals surface area contributed by atoms with Crippen LogP contribution in [0.25, 0.3) is 0 Å². The van der Waals surface area contributed by atoms with E-state index < -0.39 is 6.17 Å². The molecule has 3 aliphatic carbocycles. The number of ether oxygens (including phenoxy) is 1. The topological polar surface area (TPSA) is 67.6 Å². The molecule has 0 radical (unpaired) electrons. The first kappa shape index (κ1) is 24.0. The van der Waals surface area contributed by atoms with Gasteiger partial charge in [0.2, 0.25) is 6.17 Å². The van der Waals surface area contributed by atoms with Crippen LogP contribution in [0.15, 0.2) is 58.1 Å². The second-order valence-electron chi connectivity index (χ2n) is 9.80. The van der Waals surface area contributed by atoms with Crippen molar-refractivity contribution in [2.45, 2.75) is 96.2 Å². The fraction of sp³-hybridized carbons (Fsp3) is 0.593. The van der Waals surface area contributed by atoms with Crippen molar-refractivity contribution in [2.75, 3.05) is 0 Å². The van der Waals surface area contributed by atoms with Gasteiger partial charge in [0.15, 0.2) is 0 Å². The fourth-order valence-electron chi connectivity index (χ4n) is 5.37. The zero-order valence-electron chi connectivity index (χ0n) is 20.1. The average Bonchev–Trinajstić information content (AvgIpc) is 2.81. The zero-order chi connectivity index (χ0) is 23.5. The maximum absolute atomic E-state index is 13.3. The van der Waals surface area contributed by atoms with Crippen molar-refractivity contribution >= 4 is 17.5 Å². The molecule has 1 aliphatic heterocycles. The van der Waals surface area contributed by atoms with Crippen LogP contribution in [0.2, 0.25) is 0 Å². The third-order valence-corrected chi connectivity index (χ3v) is 7.46. The van der Waals surface area contributed by atoms with Gasteiger partial charge in [-0.05, 0) is 82.4 Å². The van der Waals surface area contributed by atoms with Crippen LogP contribution in [0.4, 0.5) is 0 Å². The van der Waals surface area contributed by atoms with Gasteiger partial charge in [-0.3, -0.25) is 0 Å². The van der Waals surface area contributed by atoms with Gasteiger partial charge in [0, 0.05) is 17.5 Å². The summed E-state index contributed by atoms with van der Waals surface area (Å²) in [4.78, 5) is 0. The maximum atomic E-state index is 13.3. The number of allylic oxidation sites excluding steroid dienone is 8. The number of aliphatic hydroxyl groups excluding tert-OH is 1. The van der Waals surface area contributed by atoms with Gasteiger partial charge in [-0.1, -0.05) is 30.7 Å². The Hall–Kier alpha value is -2.14. The Morgan fingerprint density at radius 2 is 2.09 bits per heavy atom. The zero-order valence-corrected chi connectivity index (χ0v) is 20.8. The molecular formula is C27H37ClN2O3. The molecule has 4 rings (SSSR count). The Morgan fingerprint density at radius 1 is 1.27 bits per heavy atom. The van der Waals surface area contributed by atoms with E-state index in [0.717, 1.165) is 78.7 Å². The van der Waals surface area contributed by atoms with E-state index in [-0.39, 0.29) is 23.3 Å². The van der Waals surface area contributed by atoms with Gasteiger partial charge in [-0.25, -0.2) is 0 Å². The van der Waals surface area contributed by atoms with Crippen LogP contribution in [0.5, 0.6) is 0 Å². The van der Waals surface area contributed by atoms with Crippen LogP contribution in [0.1, 0.15) is 78.6 Å². The van der Waals surface area contributed by atoms with E-state index in [4.69, 9.17) is 16.3 Å². The highest BCUT2D eigenvalue weighted by atomic mass is 35.5. The lowest BCUT2D eigenvalue weighted by molar-refractivity contribution is -0.525. The lowest BCUT2D eigenvalue weighted by atomic mass is 9.79. The van der Waals surface area contributed by atoms with E-state index in [1.165, 1.54) is 11.1 Å². The molecule has 0 saturated heterocycles. The highest BCUT2D eigenvalue weighted by Gasteiger charge is 2.42. The minimum absolute atomic E-state index is 0.0219. The molecule has 1 heterocycles. The first-order chi connectivity index (χ1) is 15.9. The second kappa shape index (κ2) is 10.4. The van der Waals surface area contributed by atoms with E-state index >= 15 is 0 Å². The van der Waals surface area contributed by atoms with Crippen LogP contribution in [0.3, 0.4) is 0 Å². The van der Waals surface area contributed by atoms with E-state index in [9.17, 15) is 10.3 Å². The third kappa shape index (κ3) is 5.34. The van der Waals surface area contributed by atoms with Crippen LogP contribution >= 0.6 is 11.6 Å². The van der Waals surface area contributed by atoms with Crippen molar-refractivity contribution in [1.82, 2.24) is 5.32 Å². The molecule has 6 heteroatoms. The van der Waals surface area contributed by atoms with E-state index in [2.05, 4.69) is 36.5 Å². The summed E-state index contributed by atoms with van der Waals surface area (Å²) in [5.74, 6) is 0.897. The smallest absolute Gasteiger partial charge is 0.376 e.